The third kappa shape index (κ3) is 4.18. The van der Waals surface area contributed by atoms with Crippen molar-refractivity contribution in [2.24, 2.45) is 10.7 Å². The number of rotatable bonds is 3. The summed E-state index contributed by atoms with van der Waals surface area (Å²) in [5.74, 6) is 0.536. The maximum absolute atomic E-state index is 5.83. The Kier molecular flexibility index (Phi) is 5.74. The van der Waals surface area contributed by atoms with Gasteiger partial charge in [0.05, 0.1) is 6.04 Å². The van der Waals surface area contributed by atoms with Gasteiger partial charge in [0.15, 0.2) is 5.96 Å². The van der Waals surface area contributed by atoms with Gasteiger partial charge in [-0.05, 0) is 43.4 Å². The summed E-state index contributed by atoms with van der Waals surface area (Å²) in [6, 6.07) is 8.75. The molecule has 1 aromatic carbocycles. The van der Waals surface area contributed by atoms with E-state index in [1.807, 2.05) is 12.1 Å². The molecule has 0 aromatic heterocycles. The minimum atomic E-state index is 0. The Bertz CT molecular complexity index is 369. The predicted octanol–water partition coefficient (Wildman–Crippen LogP) is 3.15. The van der Waals surface area contributed by atoms with Gasteiger partial charge in [-0.25, -0.2) is 4.99 Å². The molecule has 94 valence electrons. The van der Waals surface area contributed by atoms with Crippen molar-refractivity contribution in [3.05, 3.63) is 29.8 Å². The van der Waals surface area contributed by atoms with E-state index in [9.17, 15) is 0 Å². The van der Waals surface area contributed by atoms with Crippen LogP contribution in [-0.4, -0.2) is 12.0 Å². The number of nitrogens with one attached hydrogen (secondary N) is 1. The molecular weight excluding hydrogens is 325 g/mol. The van der Waals surface area contributed by atoms with Gasteiger partial charge in [0, 0.05) is 5.69 Å². The fourth-order valence-electron chi connectivity index (χ4n) is 1.72. The predicted molar refractivity (Wildman–Crippen MR) is 84.1 cm³/mol. The zero-order valence-electron chi connectivity index (χ0n) is 10.1. The van der Waals surface area contributed by atoms with Gasteiger partial charge in [0.1, 0.15) is 0 Å². The van der Waals surface area contributed by atoms with Crippen molar-refractivity contribution in [3.63, 3.8) is 0 Å². The van der Waals surface area contributed by atoms with Gasteiger partial charge in [0.25, 0.3) is 0 Å². The van der Waals surface area contributed by atoms with E-state index < -0.39 is 0 Å². The van der Waals surface area contributed by atoms with Gasteiger partial charge in [-0.2, -0.15) is 0 Å². The fourth-order valence-corrected chi connectivity index (χ4v) is 1.72. The summed E-state index contributed by atoms with van der Waals surface area (Å²) in [6.45, 7) is 2.15. The molecule has 1 aliphatic rings. The summed E-state index contributed by atoms with van der Waals surface area (Å²) < 4.78 is 0. The lowest BCUT2D eigenvalue weighted by molar-refractivity contribution is 0.420. The van der Waals surface area contributed by atoms with E-state index in [1.54, 1.807) is 0 Å². The summed E-state index contributed by atoms with van der Waals surface area (Å²) in [5, 5.41) is 3.12. The Morgan fingerprint density at radius 3 is 2.47 bits per heavy atom. The van der Waals surface area contributed by atoms with Crippen molar-refractivity contribution in [2.75, 3.05) is 5.32 Å². The number of guanidine groups is 1. The minimum absolute atomic E-state index is 0. The van der Waals surface area contributed by atoms with Gasteiger partial charge in [-0.3, -0.25) is 0 Å². The summed E-state index contributed by atoms with van der Waals surface area (Å²) in [5.41, 5.74) is 8.17. The molecule has 3 nitrogen and oxygen atoms in total. The molecule has 0 amide bonds. The van der Waals surface area contributed by atoms with Crippen LogP contribution in [0.5, 0.6) is 0 Å². The van der Waals surface area contributed by atoms with Crippen LogP contribution < -0.4 is 11.1 Å². The van der Waals surface area contributed by atoms with Crippen LogP contribution >= 0.6 is 24.0 Å². The molecule has 1 fully saturated rings. The summed E-state index contributed by atoms with van der Waals surface area (Å²) in [4.78, 5) is 4.40. The number of hydrogen-bond donors (Lipinski definition) is 2. The molecule has 1 aromatic rings. The molecule has 0 atom stereocenters. The van der Waals surface area contributed by atoms with Crippen LogP contribution in [0.25, 0.3) is 0 Å². The molecule has 1 aliphatic carbocycles. The molecule has 4 heteroatoms. The summed E-state index contributed by atoms with van der Waals surface area (Å²) in [7, 11) is 0. The second-order valence-electron chi connectivity index (χ2n) is 4.27. The lowest BCUT2D eigenvalue weighted by Crippen LogP contribution is -2.27. The van der Waals surface area contributed by atoms with Gasteiger partial charge in [0.2, 0.25) is 0 Å². The maximum Gasteiger partial charge on any atom is 0.193 e. The van der Waals surface area contributed by atoms with Crippen LogP contribution in [0, 0.1) is 0 Å². The SMILES string of the molecule is CCc1ccc(NC(N)=NC2CCC2)cc1.I. The van der Waals surface area contributed by atoms with Gasteiger partial charge >= 0.3 is 0 Å². The Balaban J connectivity index is 0.00000144. The van der Waals surface area contributed by atoms with E-state index in [0.29, 0.717) is 12.0 Å². The van der Waals surface area contributed by atoms with Crippen LogP contribution in [0.3, 0.4) is 0 Å². The Morgan fingerprint density at radius 2 is 2.00 bits per heavy atom. The van der Waals surface area contributed by atoms with Crippen molar-refractivity contribution >= 4 is 35.6 Å². The Labute approximate surface area is 120 Å². The number of aliphatic imine (C=N–C) groups is 1. The highest BCUT2D eigenvalue weighted by atomic mass is 127. The van der Waals surface area contributed by atoms with Crippen LogP contribution in [0.1, 0.15) is 31.7 Å². The van der Waals surface area contributed by atoms with E-state index in [1.165, 1.54) is 24.8 Å². The van der Waals surface area contributed by atoms with Crippen molar-refractivity contribution in [2.45, 2.75) is 38.6 Å². The number of halogens is 1. The molecule has 0 bridgehead atoms. The zero-order chi connectivity index (χ0) is 11.4. The highest BCUT2D eigenvalue weighted by molar-refractivity contribution is 14.0. The van der Waals surface area contributed by atoms with Crippen LogP contribution in [0.15, 0.2) is 29.3 Å². The normalized spacial score (nSPS) is 15.9. The van der Waals surface area contributed by atoms with Crippen molar-refractivity contribution in [1.29, 1.82) is 0 Å². The molecule has 0 heterocycles. The molecule has 0 spiro atoms. The van der Waals surface area contributed by atoms with Crippen molar-refractivity contribution < 1.29 is 0 Å². The van der Waals surface area contributed by atoms with Crippen LogP contribution in [0.2, 0.25) is 0 Å². The fraction of sp³-hybridized carbons (Fsp3) is 0.462. The van der Waals surface area contributed by atoms with Gasteiger partial charge in [-0.1, -0.05) is 19.1 Å². The summed E-state index contributed by atoms with van der Waals surface area (Å²) in [6.07, 6.45) is 4.70. The number of nitrogens with two attached hydrogens (primary N) is 1. The molecule has 0 aliphatic heterocycles. The lowest BCUT2D eigenvalue weighted by atomic mass is 9.94. The first kappa shape index (κ1) is 14.3. The van der Waals surface area contributed by atoms with E-state index in [2.05, 4.69) is 29.4 Å². The largest absolute Gasteiger partial charge is 0.370 e. The highest BCUT2D eigenvalue weighted by Crippen LogP contribution is 2.21. The first-order valence-electron chi connectivity index (χ1n) is 5.97. The molecule has 0 radical (unpaired) electrons. The Hall–Kier alpha value is -0.780. The molecule has 1 saturated carbocycles. The minimum Gasteiger partial charge on any atom is -0.370 e. The van der Waals surface area contributed by atoms with Crippen molar-refractivity contribution in [3.8, 4) is 0 Å². The molecule has 3 N–H and O–H groups in total. The molecule has 2 rings (SSSR count). The third-order valence-electron chi connectivity index (χ3n) is 3.03. The third-order valence-corrected chi connectivity index (χ3v) is 3.03. The highest BCUT2D eigenvalue weighted by Gasteiger charge is 2.16. The van der Waals surface area contributed by atoms with E-state index in [4.69, 9.17) is 5.73 Å². The smallest absolute Gasteiger partial charge is 0.193 e. The summed E-state index contributed by atoms with van der Waals surface area (Å²) >= 11 is 0. The topological polar surface area (TPSA) is 50.4 Å². The number of anilines is 1. The number of hydrogen-bond acceptors (Lipinski definition) is 1. The zero-order valence-corrected chi connectivity index (χ0v) is 12.5. The first-order valence-corrected chi connectivity index (χ1v) is 5.97. The van der Waals surface area contributed by atoms with Crippen LogP contribution in [0.4, 0.5) is 5.69 Å². The Morgan fingerprint density at radius 1 is 1.35 bits per heavy atom. The number of nitrogens with zero attached hydrogens (tertiary/aromatic N) is 1. The van der Waals surface area contributed by atoms with Gasteiger partial charge < -0.3 is 11.1 Å². The maximum atomic E-state index is 5.83. The second kappa shape index (κ2) is 6.83. The quantitative estimate of drug-likeness (QED) is 0.502. The molecular formula is C13H20IN3. The average molecular weight is 345 g/mol. The van der Waals surface area contributed by atoms with E-state index >= 15 is 0 Å². The monoisotopic (exact) mass is 345 g/mol. The van der Waals surface area contributed by atoms with Crippen molar-refractivity contribution in [1.82, 2.24) is 0 Å². The van der Waals surface area contributed by atoms with E-state index in [-0.39, 0.29) is 24.0 Å². The second-order valence-corrected chi connectivity index (χ2v) is 4.27. The standard InChI is InChI=1S/C13H19N3.HI/c1-2-10-6-8-12(9-7-10)16-13(14)15-11-4-3-5-11;/h6-9,11H,2-5H2,1H3,(H3,14,15,16);1H. The van der Waals surface area contributed by atoms with Crippen LogP contribution in [-0.2, 0) is 6.42 Å². The lowest BCUT2D eigenvalue weighted by Gasteiger charge is -2.21. The average Bonchev–Trinajstić information content (AvgIpc) is 2.25. The molecule has 0 saturated heterocycles. The number of aryl methyl sites for hydroxylation is 1. The van der Waals surface area contributed by atoms with E-state index in [0.717, 1.165) is 12.1 Å². The molecule has 0 unspecified atom stereocenters. The first-order chi connectivity index (χ1) is 7.78. The van der Waals surface area contributed by atoms with Gasteiger partial charge in [-0.15, -0.1) is 24.0 Å². The number of benzene rings is 1. The molecule has 17 heavy (non-hydrogen) atoms.